The number of nitrogens with zero attached hydrogens (tertiary/aromatic N) is 3. The van der Waals surface area contributed by atoms with Gasteiger partial charge in [-0.05, 0) is 49.4 Å². The fourth-order valence-electron chi connectivity index (χ4n) is 6.13. The minimum absolute atomic E-state index is 0.0377. The zero-order chi connectivity index (χ0) is 27.6. The minimum atomic E-state index is -1.77. The standard InChI is InChI=1S/C31H37N3O5/c1-22(9-6-16-29(37)33-18-8-12-25(33)21-35)31(39)26-13-2-3-14-27(26)34(30(31)38)20-23-10-7-11-24(19-23)32-17-5-4-15-28(32)36/h2-3,6-7,9-11,13-14,19,22,25,35,39H,4-5,8,12,15-18,20-21H2,1H3/b9-6+/t22-,25+,31+/m1/s1. The molecule has 8 heteroatoms. The van der Waals surface area contributed by atoms with E-state index in [0.717, 1.165) is 36.9 Å². The van der Waals surface area contributed by atoms with Gasteiger partial charge in [0.15, 0.2) is 5.60 Å². The Morgan fingerprint density at radius 1 is 1.10 bits per heavy atom. The smallest absolute Gasteiger partial charge is 0.264 e. The van der Waals surface area contributed by atoms with Gasteiger partial charge in [0.2, 0.25) is 11.8 Å². The van der Waals surface area contributed by atoms with E-state index in [2.05, 4.69) is 0 Å². The number of rotatable bonds is 8. The first kappa shape index (κ1) is 27.1. The molecule has 2 aromatic carbocycles. The number of hydrogen-bond acceptors (Lipinski definition) is 5. The largest absolute Gasteiger partial charge is 0.394 e. The number of piperidine rings is 1. The van der Waals surface area contributed by atoms with Crippen molar-refractivity contribution in [2.45, 2.75) is 63.6 Å². The summed E-state index contributed by atoms with van der Waals surface area (Å²) in [7, 11) is 0. The van der Waals surface area contributed by atoms with Crippen molar-refractivity contribution >= 4 is 29.1 Å². The maximum atomic E-state index is 13.8. The molecule has 0 aliphatic carbocycles. The van der Waals surface area contributed by atoms with Gasteiger partial charge in [0.05, 0.1) is 24.9 Å². The van der Waals surface area contributed by atoms with Crippen molar-refractivity contribution in [3.05, 3.63) is 71.8 Å². The normalized spacial score (nSPS) is 24.1. The third-order valence-electron chi connectivity index (χ3n) is 8.35. The molecule has 3 aliphatic rings. The van der Waals surface area contributed by atoms with Gasteiger partial charge in [-0.25, -0.2) is 0 Å². The second kappa shape index (κ2) is 11.3. The monoisotopic (exact) mass is 531 g/mol. The number of anilines is 2. The van der Waals surface area contributed by atoms with Crippen molar-refractivity contribution in [3.63, 3.8) is 0 Å². The molecule has 0 bridgehead atoms. The molecule has 2 aromatic rings. The molecule has 3 aliphatic heterocycles. The van der Waals surface area contributed by atoms with Crippen LogP contribution in [0.25, 0.3) is 0 Å². The second-order valence-electron chi connectivity index (χ2n) is 10.8. The molecular formula is C31H37N3O5. The van der Waals surface area contributed by atoms with Crippen LogP contribution in [0.4, 0.5) is 11.4 Å². The van der Waals surface area contributed by atoms with E-state index in [1.807, 2.05) is 47.4 Å². The fraction of sp³-hybridized carbons (Fsp3) is 0.452. The maximum absolute atomic E-state index is 13.8. The molecule has 0 radical (unpaired) electrons. The molecule has 3 amide bonds. The van der Waals surface area contributed by atoms with Crippen LogP contribution >= 0.6 is 0 Å². The molecule has 0 unspecified atom stereocenters. The van der Waals surface area contributed by atoms with E-state index in [1.54, 1.807) is 34.9 Å². The lowest BCUT2D eigenvalue weighted by molar-refractivity contribution is -0.139. The van der Waals surface area contributed by atoms with Gasteiger partial charge in [0, 0.05) is 43.1 Å². The van der Waals surface area contributed by atoms with E-state index in [0.29, 0.717) is 30.8 Å². The molecule has 5 rings (SSSR count). The van der Waals surface area contributed by atoms with Crippen LogP contribution in [0.5, 0.6) is 0 Å². The highest BCUT2D eigenvalue weighted by Gasteiger charge is 2.52. The summed E-state index contributed by atoms with van der Waals surface area (Å²) in [6, 6.07) is 14.8. The number of hydrogen-bond donors (Lipinski definition) is 2. The molecule has 2 N–H and O–H groups in total. The van der Waals surface area contributed by atoms with Crippen molar-refractivity contribution in [1.29, 1.82) is 0 Å². The minimum Gasteiger partial charge on any atom is -0.394 e. The average molecular weight is 532 g/mol. The second-order valence-corrected chi connectivity index (χ2v) is 10.8. The van der Waals surface area contributed by atoms with Gasteiger partial charge in [0.1, 0.15) is 0 Å². The van der Waals surface area contributed by atoms with Gasteiger partial charge in [-0.2, -0.15) is 0 Å². The van der Waals surface area contributed by atoms with Gasteiger partial charge < -0.3 is 24.9 Å². The van der Waals surface area contributed by atoms with Crippen molar-refractivity contribution in [2.24, 2.45) is 5.92 Å². The topological polar surface area (TPSA) is 101 Å². The maximum Gasteiger partial charge on any atom is 0.264 e. The van der Waals surface area contributed by atoms with Crippen LogP contribution in [-0.4, -0.2) is 58.6 Å². The van der Waals surface area contributed by atoms with Crippen molar-refractivity contribution in [3.8, 4) is 0 Å². The highest BCUT2D eigenvalue weighted by Crippen LogP contribution is 2.45. The number of fused-ring (bicyclic) bond motifs is 1. The molecule has 0 saturated carbocycles. The quantitative estimate of drug-likeness (QED) is 0.508. The number of aliphatic hydroxyl groups is 2. The zero-order valence-electron chi connectivity index (χ0n) is 22.5. The molecule has 0 aromatic heterocycles. The summed E-state index contributed by atoms with van der Waals surface area (Å²) >= 11 is 0. The summed E-state index contributed by atoms with van der Waals surface area (Å²) in [5.74, 6) is -0.931. The molecule has 2 saturated heterocycles. The molecule has 206 valence electrons. The van der Waals surface area contributed by atoms with Gasteiger partial charge in [-0.3, -0.25) is 14.4 Å². The molecule has 39 heavy (non-hydrogen) atoms. The van der Waals surface area contributed by atoms with Crippen LogP contribution < -0.4 is 9.80 Å². The number of carbonyl (C=O) groups excluding carboxylic acids is 3. The third kappa shape index (κ3) is 5.11. The van der Waals surface area contributed by atoms with Gasteiger partial charge in [-0.1, -0.05) is 49.4 Å². The van der Waals surface area contributed by atoms with Crippen molar-refractivity contribution in [1.82, 2.24) is 4.90 Å². The predicted octanol–water partition coefficient (Wildman–Crippen LogP) is 3.50. The first-order valence-electron chi connectivity index (χ1n) is 13.9. The fourth-order valence-corrected chi connectivity index (χ4v) is 6.13. The van der Waals surface area contributed by atoms with E-state index in [1.165, 1.54) is 0 Å². The van der Waals surface area contributed by atoms with E-state index in [9.17, 15) is 24.6 Å². The highest BCUT2D eigenvalue weighted by molar-refractivity contribution is 6.07. The van der Waals surface area contributed by atoms with Crippen LogP contribution in [0, 0.1) is 5.92 Å². The average Bonchev–Trinajstić information content (AvgIpc) is 3.52. The van der Waals surface area contributed by atoms with Gasteiger partial charge in [-0.15, -0.1) is 0 Å². The predicted molar refractivity (Wildman–Crippen MR) is 149 cm³/mol. The third-order valence-corrected chi connectivity index (χ3v) is 8.35. The van der Waals surface area contributed by atoms with E-state index in [-0.39, 0.29) is 37.4 Å². The Labute approximate surface area is 229 Å². The lowest BCUT2D eigenvalue weighted by Gasteiger charge is -2.29. The SMILES string of the molecule is C[C@H](/C=C/CC(=O)N1CCC[C@H]1CO)[C@@]1(O)C(=O)N(Cc2cccc(N3CCCCC3=O)c2)c2ccccc21. The Morgan fingerprint density at radius 3 is 2.72 bits per heavy atom. The molecule has 3 atom stereocenters. The van der Waals surface area contributed by atoms with E-state index in [4.69, 9.17) is 0 Å². The molecule has 3 heterocycles. The number of likely N-dealkylation sites (tertiary alicyclic amines) is 1. The Hall–Kier alpha value is -3.49. The Balaban J connectivity index is 1.34. The number of aliphatic hydroxyl groups excluding tert-OH is 1. The summed E-state index contributed by atoms with van der Waals surface area (Å²) in [6.45, 7) is 3.35. The van der Waals surface area contributed by atoms with E-state index < -0.39 is 17.4 Å². The number of amides is 3. The zero-order valence-corrected chi connectivity index (χ0v) is 22.5. The lowest BCUT2D eigenvalue weighted by Crippen LogP contribution is -2.44. The van der Waals surface area contributed by atoms with Gasteiger partial charge >= 0.3 is 0 Å². The summed E-state index contributed by atoms with van der Waals surface area (Å²) in [6.07, 6.45) is 7.73. The summed E-state index contributed by atoms with van der Waals surface area (Å²) in [4.78, 5) is 44.1. The van der Waals surface area contributed by atoms with Crippen LogP contribution in [0.15, 0.2) is 60.7 Å². The summed E-state index contributed by atoms with van der Waals surface area (Å²) in [5, 5.41) is 21.4. The van der Waals surface area contributed by atoms with E-state index >= 15 is 0 Å². The number of para-hydroxylation sites is 1. The van der Waals surface area contributed by atoms with Gasteiger partial charge in [0.25, 0.3) is 5.91 Å². The Kier molecular flexibility index (Phi) is 7.86. The summed E-state index contributed by atoms with van der Waals surface area (Å²) < 4.78 is 0. The highest BCUT2D eigenvalue weighted by atomic mass is 16.3. The first-order chi connectivity index (χ1) is 18.8. The molecular weight excluding hydrogens is 494 g/mol. The molecule has 8 nitrogen and oxygen atoms in total. The Morgan fingerprint density at radius 2 is 1.92 bits per heavy atom. The summed E-state index contributed by atoms with van der Waals surface area (Å²) in [5.41, 5.74) is 1.13. The first-order valence-corrected chi connectivity index (χ1v) is 13.9. The number of carbonyl (C=O) groups is 3. The molecule has 2 fully saturated rings. The van der Waals surface area contributed by atoms with Crippen molar-refractivity contribution in [2.75, 3.05) is 29.5 Å². The molecule has 0 spiro atoms. The van der Waals surface area contributed by atoms with Crippen molar-refractivity contribution < 1.29 is 24.6 Å². The van der Waals surface area contributed by atoms with Crippen LogP contribution in [0.1, 0.15) is 56.6 Å². The van der Waals surface area contributed by atoms with Crippen LogP contribution in [0.2, 0.25) is 0 Å². The Bertz CT molecular complexity index is 1280. The number of benzene rings is 2. The lowest BCUT2D eigenvalue weighted by atomic mass is 9.83. The van der Waals surface area contributed by atoms with Crippen LogP contribution in [-0.2, 0) is 26.5 Å². The van der Waals surface area contributed by atoms with Crippen LogP contribution in [0.3, 0.4) is 0 Å².